The van der Waals surface area contributed by atoms with Crippen LogP contribution in [-0.2, 0) is 4.12 Å². The highest BCUT2D eigenvalue weighted by atomic mass is 28.4. The van der Waals surface area contributed by atoms with Crippen molar-refractivity contribution in [2.24, 2.45) is 0 Å². The Bertz CT molecular complexity index is 261. The summed E-state index contributed by atoms with van der Waals surface area (Å²) in [6.07, 6.45) is -5.48. The van der Waals surface area contributed by atoms with Gasteiger partial charge in [-0.15, -0.1) is 0 Å². The van der Waals surface area contributed by atoms with Gasteiger partial charge in [0.1, 0.15) is 0 Å². The highest BCUT2D eigenvalue weighted by Gasteiger charge is 2.53. The minimum absolute atomic E-state index is 0.0657. The van der Waals surface area contributed by atoms with Gasteiger partial charge in [0.2, 0.25) is 8.32 Å². The fraction of sp³-hybridized carbons (Fsp3) is 1.00. The molecule has 0 rings (SSSR count). The molecule has 0 fully saturated rings. The summed E-state index contributed by atoms with van der Waals surface area (Å²) in [6, 6.07) is 0. The first kappa shape index (κ1) is 17.1. The van der Waals surface area contributed by atoms with Gasteiger partial charge in [-0.05, 0) is 39.2 Å². The molecule has 1 atom stereocenters. The van der Waals surface area contributed by atoms with E-state index in [0.29, 0.717) is 0 Å². The van der Waals surface area contributed by atoms with Crippen LogP contribution in [0.15, 0.2) is 0 Å². The van der Waals surface area contributed by atoms with Crippen molar-refractivity contribution in [3.63, 3.8) is 0 Å². The van der Waals surface area contributed by atoms with Crippen molar-refractivity contribution in [1.82, 2.24) is 0 Å². The fourth-order valence-electron chi connectivity index (χ4n) is 1.96. The number of rotatable bonds is 5. The Morgan fingerprint density at radius 3 is 1.71 bits per heavy atom. The topological polar surface area (TPSA) is 29.5 Å². The molecule has 0 radical (unpaired) electrons. The quantitative estimate of drug-likeness (QED) is 0.782. The molecule has 104 valence electrons. The van der Waals surface area contributed by atoms with E-state index in [1.807, 2.05) is 19.6 Å². The molecule has 0 aromatic heterocycles. The predicted molar refractivity (Wildman–Crippen MR) is 67.8 cm³/mol. The van der Waals surface area contributed by atoms with E-state index >= 15 is 0 Å². The van der Waals surface area contributed by atoms with Crippen LogP contribution in [0.5, 0.6) is 0 Å². The molecule has 0 bridgehead atoms. The van der Waals surface area contributed by atoms with Gasteiger partial charge < -0.3 is 9.22 Å². The van der Waals surface area contributed by atoms with Crippen molar-refractivity contribution in [2.45, 2.75) is 63.9 Å². The molecule has 0 aliphatic carbocycles. The van der Waals surface area contributed by atoms with Crippen molar-refractivity contribution in [3.05, 3.63) is 0 Å². The maximum atomic E-state index is 12.5. The van der Waals surface area contributed by atoms with Crippen LogP contribution in [0.4, 0.5) is 13.2 Å². The third kappa shape index (κ3) is 5.54. The first-order valence-corrected chi connectivity index (χ1v) is 12.0. The number of aliphatic hydroxyl groups is 1. The van der Waals surface area contributed by atoms with Gasteiger partial charge >= 0.3 is 6.18 Å². The summed E-state index contributed by atoms with van der Waals surface area (Å²) in [4.78, 5) is 0. The Hall–Kier alpha value is 0.144. The Morgan fingerprint density at radius 2 is 1.47 bits per heavy atom. The number of hydrogen-bond acceptors (Lipinski definition) is 2. The average Bonchev–Trinajstić information content (AvgIpc) is 1.95. The van der Waals surface area contributed by atoms with E-state index in [9.17, 15) is 18.3 Å². The van der Waals surface area contributed by atoms with Crippen LogP contribution in [0.25, 0.3) is 0 Å². The van der Waals surface area contributed by atoms with Crippen LogP contribution in [0.3, 0.4) is 0 Å². The molecule has 0 aromatic carbocycles. The Morgan fingerprint density at radius 1 is 1.06 bits per heavy atom. The molecule has 0 amide bonds. The molecular weight excluding hydrogens is 265 g/mol. The lowest BCUT2D eigenvalue weighted by Crippen LogP contribution is -2.61. The van der Waals surface area contributed by atoms with Crippen molar-refractivity contribution in [1.29, 1.82) is 0 Å². The molecule has 0 heterocycles. The number of hydrogen-bond donors (Lipinski definition) is 1. The Kier molecular flexibility index (Phi) is 5.07. The van der Waals surface area contributed by atoms with Gasteiger partial charge in [0, 0.05) is 0 Å². The van der Waals surface area contributed by atoms with E-state index in [2.05, 4.69) is 0 Å². The minimum atomic E-state index is -4.36. The second-order valence-corrected chi connectivity index (χ2v) is 14.9. The zero-order valence-corrected chi connectivity index (χ0v) is 13.4. The monoisotopic (exact) mass is 288 g/mol. The summed E-state index contributed by atoms with van der Waals surface area (Å²) in [7, 11) is -4.76. The third-order valence-electron chi connectivity index (χ3n) is 2.76. The molecule has 17 heavy (non-hydrogen) atoms. The molecule has 0 aliphatic heterocycles. The molecule has 0 spiro atoms. The van der Waals surface area contributed by atoms with Crippen LogP contribution in [0.1, 0.15) is 19.8 Å². The van der Waals surface area contributed by atoms with Crippen LogP contribution in [0.2, 0.25) is 32.7 Å². The second-order valence-electron chi connectivity index (χ2n) is 5.90. The smallest absolute Gasteiger partial charge is 0.391 e. The van der Waals surface area contributed by atoms with Gasteiger partial charge in [-0.1, -0.05) is 6.92 Å². The summed E-state index contributed by atoms with van der Waals surface area (Å²) in [6.45, 7) is 10.7. The van der Waals surface area contributed by atoms with E-state index in [4.69, 9.17) is 4.12 Å². The van der Waals surface area contributed by atoms with Gasteiger partial charge in [-0.2, -0.15) is 13.2 Å². The summed E-state index contributed by atoms with van der Waals surface area (Å²) >= 11 is 0. The third-order valence-corrected chi connectivity index (χ3v) is 10.0. The van der Waals surface area contributed by atoms with Gasteiger partial charge in [0.15, 0.2) is 8.32 Å². The molecule has 0 aromatic rings. The first-order valence-electron chi connectivity index (χ1n) is 5.72. The first-order chi connectivity index (χ1) is 7.22. The summed E-state index contributed by atoms with van der Waals surface area (Å²) in [5.74, 6) is 0. The van der Waals surface area contributed by atoms with E-state index in [1.54, 1.807) is 20.0 Å². The minimum Gasteiger partial charge on any atom is -0.454 e. The highest BCUT2D eigenvalue weighted by molar-refractivity contribution is 6.85. The molecule has 2 nitrogen and oxygen atoms in total. The number of alkyl halides is 3. The molecule has 1 unspecified atom stereocenters. The Labute approximate surface area is 103 Å². The van der Waals surface area contributed by atoms with E-state index in [0.717, 1.165) is 0 Å². The normalized spacial score (nSPS) is 18.0. The van der Waals surface area contributed by atoms with Crippen LogP contribution in [-0.4, -0.2) is 33.1 Å². The van der Waals surface area contributed by atoms with Crippen LogP contribution in [0, 0.1) is 0 Å². The average molecular weight is 288 g/mol. The van der Waals surface area contributed by atoms with Gasteiger partial charge in [-0.3, -0.25) is 0 Å². The lowest BCUT2D eigenvalue weighted by atomic mass is 10.2. The predicted octanol–water partition coefficient (Wildman–Crippen LogP) is 3.68. The van der Waals surface area contributed by atoms with Gasteiger partial charge in [0.25, 0.3) is 0 Å². The largest absolute Gasteiger partial charge is 0.454 e. The molecule has 7 heteroatoms. The Balaban J connectivity index is 5.08. The van der Waals surface area contributed by atoms with E-state index in [1.165, 1.54) is 0 Å². The summed E-state index contributed by atoms with van der Waals surface area (Å²) < 4.78 is 43.4. The van der Waals surface area contributed by atoms with Crippen molar-refractivity contribution in [2.75, 3.05) is 0 Å². The maximum absolute atomic E-state index is 12.5. The fourth-order valence-corrected chi connectivity index (χ4v) is 10.3. The standard InChI is InChI=1S/C10H23F3O2Si2/c1-7-9(14,8-10(11,12)13)17(5,6)15-16(2,3)4/h14H,7-8H2,1-6H3. The lowest BCUT2D eigenvalue weighted by Gasteiger charge is -2.44. The second kappa shape index (κ2) is 5.02. The summed E-state index contributed by atoms with van der Waals surface area (Å²) in [5.41, 5.74) is 0. The number of halogens is 3. The van der Waals surface area contributed by atoms with E-state index in [-0.39, 0.29) is 6.42 Å². The zero-order chi connectivity index (χ0) is 14.1. The highest BCUT2D eigenvalue weighted by Crippen LogP contribution is 2.37. The van der Waals surface area contributed by atoms with Crippen LogP contribution < -0.4 is 0 Å². The molecule has 1 N–H and O–H groups in total. The van der Waals surface area contributed by atoms with Crippen molar-refractivity contribution >= 4 is 16.6 Å². The summed E-state index contributed by atoms with van der Waals surface area (Å²) in [5, 5.41) is 8.54. The van der Waals surface area contributed by atoms with Crippen molar-refractivity contribution in [3.8, 4) is 0 Å². The van der Waals surface area contributed by atoms with Crippen molar-refractivity contribution < 1.29 is 22.4 Å². The molecular formula is C10H23F3O2Si2. The van der Waals surface area contributed by atoms with E-state index < -0.39 is 34.5 Å². The maximum Gasteiger partial charge on any atom is 0.391 e. The molecule has 0 aliphatic rings. The van der Waals surface area contributed by atoms with Gasteiger partial charge in [0.05, 0.1) is 11.6 Å². The van der Waals surface area contributed by atoms with Gasteiger partial charge in [-0.25, -0.2) is 0 Å². The molecule has 0 saturated heterocycles. The molecule has 0 saturated carbocycles. The SMILES string of the molecule is CCC(O)(CC(F)(F)F)[Si](C)(C)O[Si](C)(C)C. The zero-order valence-electron chi connectivity index (χ0n) is 11.4. The van der Waals surface area contributed by atoms with Crippen LogP contribution >= 0.6 is 0 Å². The lowest BCUT2D eigenvalue weighted by molar-refractivity contribution is -0.164.